The summed E-state index contributed by atoms with van der Waals surface area (Å²) in [6, 6.07) is 22.1. The SMILES string of the molecule is C[C@@H](CO)CCC(=O)[C@@H](C)[C@H]1C(=O)C[C@H]2[C@@H]3CC=C4C[C@@H](O[Si](c5ccccc5)(c5ccccc5)C(C)(C)C)CC[C@]4(C)[C@H]3CC[C@]12C. The average Bonchev–Trinajstić information content (AvgIpc) is 3.35. The lowest BCUT2D eigenvalue weighted by Crippen LogP contribution is -2.68. The second kappa shape index (κ2) is 13.4. The lowest BCUT2D eigenvalue weighted by molar-refractivity contribution is -0.134. The van der Waals surface area contributed by atoms with Crippen LogP contribution in [0.25, 0.3) is 0 Å². The Morgan fingerprint density at radius 2 is 1.56 bits per heavy atom. The Morgan fingerprint density at radius 3 is 2.15 bits per heavy atom. The van der Waals surface area contributed by atoms with Crippen LogP contribution >= 0.6 is 0 Å². The van der Waals surface area contributed by atoms with Crippen LogP contribution < -0.4 is 10.4 Å². The minimum absolute atomic E-state index is 0.0442. The molecule has 3 saturated carbocycles. The minimum Gasteiger partial charge on any atom is -0.404 e. The maximum atomic E-state index is 13.8. The van der Waals surface area contributed by atoms with Crippen LogP contribution in [-0.4, -0.2) is 37.7 Å². The quantitative estimate of drug-likeness (QED) is 0.204. The van der Waals surface area contributed by atoms with E-state index in [2.05, 4.69) is 101 Å². The van der Waals surface area contributed by atoms with Gasteiger partial charge in [-0.05, 0) is 94.9 Å². The number of carbonyl (C=O) groups is 2. The monoisotopic (exact) mass is 668 g/mol. The van der Waals surface area contributed by atoms with Crippen molar-refractivity contribution in [3.8, 4) is 0 Å². The molecule has 4 aliphatic rings. The molecule has 6 rings (SSSR count). The van der Waals surface area contributed by atoms with Gasteiger partial charge in [-0.25, -0.2) is 0 Å². The highest BCUT2D eigenvalue weighted by Gasteiger charge is 2.63. The Morgan fingerprint density at radius 1 is 0.938 bits per heavy atom. The third-order valence-electron chi connectivity index (χ3n) is 13.9. The number of hydrogen-bond donors (Lipinski definition) is 1. The smallest absolute Gasteiger partial charge is 0.261 e. The van der Waals surface area contributed by atoms with E-state index in [-0.39, 0.29) is 52.1 Å². The molecule has 2 aromatic carbocycles. The van der Waals surface area contributed by atoms with E-state index in [0.717, 1.165) is 38.5 Å². The lowest BCUT2D eigenvalue weighted by atomic mass is 9.47. The summed E-state index contributed by atoms with van der Waals surface area (Å²) >= 11 is 0. The second-order valence-electron chi connectivity index (χ2n) is 17.7. The maximum absolute atomic E-state index is 13.8. The molecule has 9 atom stereocenters. The Labute approximate surface area is 291 Å². The van der Waals surface area contributed by atoms with Crippen molar-refractivity contribution in [2.45, 2.75) is 117 Å². The minimum atomic E-state index is -2.63. The second-order valence-corrected chi connectivity index (χ2v) is 21.9. The third kappa shape index (κ3) is 5.94. The Balaban J connectivity index is 1.24. The van der Waals surface area contributed by atoms with Gasteiger partial charge in [0.2, 0.25) is 0 Å². The lowest BCUT2D eigenvalue weighted by Gasteiger charge is -2.58. The van der Waals surface area contributed by atoms with Crippen LogP contribution in [0.1, 0.15) is 106 Å². The van der Waals surface area contributed by atoms with E-state index < -0.39 is 8.32 Å². The molecule has 1 N–H and O–H groups in total. The molecule has 0 aliphatic heterocycles. The zero-order chi connectivity index (χ0) is 34.5. The van der Waals surface area contributed by atoms with Crippen LogP contribution in [0.15, 0.2) is 72.3 Å². The van der Waals surface area contributed by atoms with Crippen molar-refractivity contribution < 1.29 is 19.1 Å². The number of fused-ring (bicyclic) bond motifs is 5. The Bertz CT molecular complexity index is 1450. The number of Topliss-reactive ketones (excluding diaryl/α,β-unsaturated/α-hetero) is 2. The van der Waals surface area contributed by atoms with Gasteiger partial charge in [0.25, 0.3) is 8.32 Å². The standard InChI is InChI=1S/C43H60O4Si/c1-29(28-44)18-21-38(45)30(2)40-39(46)27-37-35-20-19-31-26-32(22-24-42(31,6)36(35)23-25-43(37,40)7)47-48(41(3,4)5,33-14-10-8-11-15-33)34-16-12-9-13-17-34/h8-17,19,29-30,32,35-37,40,44H,18,20-28H2,1-7H3/t29-,30-,32+,35-,36+,37+,40+,42+,43+/m1/s1. The molecule has 5 heteroatoms. The van der Waals surface area contributed by atoms with Gasteiger partial charge in [0.1, 0.15) is 11.6 Å². The van der Waals surface area contributed by atoms with Crippen molar-refractivity contribution in [2.24, 2.45) is 46.3 Å². The molecule has 260 valence electrons. The van der Waals surface area contributed by atoms with Crippen molar-refractivity contribution in [3.05, 3.63) is 72.3 Å². The summed E-state index contributed by atoms with van der Waals surface area (Å²) in [5.41, 5.74) is 1.61. The summed E-state index contributed by atoms with van der Waals surface area (Å²) < 4.78 is 7.66. The van der Waals surface area contributed by atoms with Crippen molar-refractivity contribution in [1.29, 1.82) is 0 Å². The summed E-state index contributed by atoms with van der Waals surface area (Å²) in [5, 5.41) is 12.1. The largest absolute Gasteiger partial charge is 0.404 e. The van der Waals surface area contributed by atoms with E-state index in [9.17, 15) is 14.7 Å². The number of aliphatic hydroxyl groups excluding tert-OH is 1. The zero-order valence-electron chi connectivity index (χ0n) is 30.6. The van der Waals surface area contributed by atoms with Gasteiger partial charge < -0.3 is 9.53 Å². The predicted molar refractivity (Wildman–Crippen MR) is 198 cm³/mol. The number of benzene rings is 2. The molecular formula is C43H60O4Si. The van der Waals surface area contributed by atoms with Gasteiger partial charge >= 0.3 is 0 Å². The third-order valence-corrected chi connectivity index (χ3v) is 19.0. The van der Waals surface area contributed by atoms with Crippen LogP contribution in [0.2, 0.25) is 5.04 Å². The number of aliphatic hydroxyl groups is 1. The van der Waals surface area contributed by atoms with Crippen LogP contribution in [-0.2, 0) is 14.0 Å². The molecule has 4 nitrogen and oxygen atoms in total. The van der Waals surface area contributed by atoms with Gasteiger partial charge in [0.05, 0.1) is 0 Å². The van der Waals surface area contributed by atoms with Crippen LogP contribution in [0, 0.1) is 46.3 Å². The van der Waals surface area contributed by atoms with Gasteiger partial charge in [-0.2, -0.15) is 0 Å². The number of allylic oxidation sites excluding steroid dienone is 1. The zero-order valence-corrected chi connectivity index (χ0v) is 31.6. The number of carbonyl (C=O) groups excluding carboxylic acids is 2. The van der Waals surface area contributed by atoms with Crippen molar-refractivity contribution in [2.75, 3.05) is 6.61 Å². The molecule has 48 heavy (non-hydrogen) atoms. The Kier molecular flexibility index (Phi) is 9.92. The summed E-state index contributed by atoms with van der Waals surface area (Å²) in [5.74, 6) is 1.65. The first-order valence-electron chi connectivity index (χ1n) is 18.9. The molecule has 0 unspecified atom stereocenters. The van der Waals surface area contributed by atoms with E-state index in [4.69, 9.17) is 4.43 Å². The fourth-order valence-electron chi connectivity index (χ4n) is 11.2. The van der Waals surface area contributed by atoms with E-state index in [1.807, 2.05) is 13.8 Å². The first-order chi connectivity index (χ1) is 22.8. The van der Waals surface area contributed by atoms with Crippen LogP contribution in [0.4, 0.5) is 0 Å². The van der Waals surface area contributed by atoms with Crippen LogP contribution in [0.5, 0.6) is 0 Å². The van der Waals surface area contributed by atoms with E-state index in [1.54, 1.807) is 5.57 Å². The van der Waals surface area contributed by atoms with E-state index >= 15 is 0 Å². The highest BCUT2D eigenvalue weighted by Crippen LogP contribution is 2.66. The topological polar surface area (TPSA) is 63.6 Å². The van der Waals surface area contributed by atoms with Gasteiger partial charge in [-0.15, -0.1) is 0 Å². The molecule has 3 fully saturated rings. The summed E-state index contributed by atoms with van der Waals surface area (Å²) in [6.07, 6.45) is 10.9. The predicted octanol–water partition coefficient (Wildman–Crippen LogP) is 8.30. The number of hydrogen-bond acceptors (Lipinski definition) is 4. The van der Waals surface area contributed by atoms with E-state index in [0.29, 0.717) is 42.8 Å². The molecule has 0 amide bonds. The molecule has 2 aromatic rings. The van der Waals surface area contributed by atoms with Crippen LogP contribution in [0.3, 0.4) is 0 Å². The molecule has 0 aromatic heterocycles. The highest BCUT2D eigenvalue weighted by molar-refractivity contribution is 6.99. The van der Waals surface area contributed by atoms with Gasteiger partial charge in [0.15, 0.2) is 0 Å². The molecule has 0 radical (unpaired) electrons. The fourth-order valence-corrected chi connectivity index (χ4v) is 16.0. The highest BCUT2D eigenvalue weighted by atomic mass is 28.4. The number of ketones is 2. The molecule has 0 saturated heterocycles. The summed E-state index contributed by atoms with van der Waals surface area (Å²) in [7, 11) is -2.63. The molecule has 0 spiro atoms. The van der Waals surface area contributed by atoms with Crippen molar-refractivity contribution >= 4 is 30.3 Å². The summed E-state index contributed by atoms with van der Waals surface area (Å²) in [4.78, 5) is 27.1. The molecule has 4 aliphatic carbocycles. The maximum Gasteiger partial charge on any atom is 0.261 e. The van der Waals surface area contributed by atoms with Crippen molar-refractivity contribution in [3.63, 3.8) is 0 Å². The first-order valence-corrected chi connectivity index (χ1v) is 20.8. The Hall–Kier alpha value is -2.34. The first kappa shape index (κ1) is 35.5. The van der Waals surface area contributed by atoms with Crippen molar-refractivity contribution in [1.82, 2.24) is 0 Å². The normalized spacial score (nSPS) is 33.2. The number of rotatable bonds is 10. The summed E-state index contributed by atoms with van der Waals surface area (Å²) in [6.45, 7) is 16.1. The molecular weight excluding hydrogens is 609 g/mol. The van der Waals surface area contributed by atoms with Gasteiger partial charge in [-0.1, -0.05) is 121 Å². The molecule has 0 heterocycles. The molecule has 0 bridgehead atoms. The van der Waals surface area contributed by atoms with Gasteiger partial charge in [-0.3, -0.25) is 9.59 Å². The van der Waals surface area contributed by atoms with E-state index in [1.165, 1.54) is 10.4 Å². The fraction of sp³-hybridized carbons (Fsp3) is 0.628. The van der Waals surface area contributed by atoms with Gasteiger partial charge in [0, 0.05) is 37.4 Å². The average molecular weight is 669 g/mol.